The molecule has 0 radical (unpaired) electrons. The summed E-state index contributed by atoms with van der Waals surface area (Å²) in [7, 11) is 1.63. The van der Waals surface area contributed by atoms with Gasteiger partial charge < -0.3 is 14.9 Å². The maximum absolute atomic E-state index is 11.5. The summed E-state index contributed by atoms with van der Waals surface area (Å²) < 4.78 is 5.43. The molecule has 0 amide bonds. The fraction of sp³-hybridized carbons (Fsp3) is 0.556. The van der Waals surface area contributed by atoms with Crippen molar-refractivity contribution >= 4 is 0 Å². The van der Waals surface area contributed by atoms with Gasteiger partial charge in [-0.3, -0.25) is 0 Å². The van der Waals surface area contributed by atoms with Crippen molar-refractivity contribution in [2.75, 3.05) is 7.11 Å². The fourth-order valence-corrected chi connectivity index (χ4v) is 7.51. The lowest BCUT2D eigenvalue weighted by atomic mass is 9.50. The molecule has 3 heteroatoms. The van der Waals surface area contributed by atoms with Crippen LogP contribution in [0, 0.1) is 22.7 Å². The highest BCUT2D eigenvalue weighted by Gasteiger charge is 2.62. The Bertz CT molecular complexity index is 939. The van der Waals surface area contributed by atoms with Gasteiger partial charge in [-0.2, -0.15) is 0 Å². The lowest BCUT2D eigenvalue weighted by molar-refractivity contribution is -0.0890. The summed E-state index contributed by atoms with van der Waals surface area (Å²) in [6, 6.07) is 14.3. The number of methoxy groups -OCH3 is 1. The average molecular weight is 407 g/mol. The number of phenolic OH excluding ortho intramolecular Hbond substituents is 1. The van der Waals surface area contributed by atoms with Crippen LogP contribution >= 0.6 is 0 Å². The number of hydrogen-bond donors (Lipinski definition) is 2. The number of aliphatic hydroxyl groups is 1. The highest BCUT2D eigenvalue weighted by atomic mass is 16.5. The topological polar surface area (TPSA) is 49.7 Å². The second kappa shape index (κ2) is 7.02. The van der Waals surface area contributed by atoms with E-state index in [2.05, 4.69) is 32.0 Å². The molecule has 0 saturated heterocycles. The first-order valence-corrected chi connectivity index (χ1v) is 11.5. The summed E-state index contributed by atoms with van der Waals surface area (Å²) in [6.45, 7) is 4.79. The Morgan fingerprint density at radius 2 is 1.80 bits per heavy atom. The van der Waals surface area contributed by atoms with Crippen LogP contribution in [0.25, 0.3) is 0 Å². The van der Waals surface area contributed by atoms with Crippen molar-refractivity contribution in [3.63, 3.8) is 0 Å². The molecule has 2 aromatic carbocycles. The highest BCUT2D eigenvalue weighted by molar-refractivity contribution is 5.49. The van der Waals surface area contributed by atoms with Crippen LogP contribution in [0.4, 0.5) is 0 Å². The summed E-state index contributed by atoms with van der Waals surface area (Å²) in [6.07, 6.45) is 6.36. The van der Waals surface area contributed by atoms with Gasteiger partial charge in [0.15, 0.2) is 11.5 Å². The molecule has 30 heavy (non-hydrogen) atoms. The number of fused-ring (bicyclic) bond motifs is 5. The molecule has 0 heterocycles. The third-order valence-corrected chi connectivity index (χ3v) is 9.41. The maximum Gasteiger partial charge on any atom is 0.160 e. The van der Waals surface area contributed by atoms with Gasteiger partial charge in [-0.15, -0.1) is 0 Å². The van der Waals surface area contributed by atoms with Gasteiger partial charge in [0.2, 0.25) is 0 Å². The van der Waals surface area contributed by atoms with Gasteiger partial charge in [0, 0.05) is 5.41 Å². The summed E-state index contributed by atoms with van der Waals surface area (Å²) in [4.78, 5) is 0. The van der Waals surface area contributed by atoms with Gasteiger partial charge in [-0.05, 0) is 90.5 Å². The van der Waals surface area contributed by atoms with E-state index in [1.165, 1.54) is 24.0 Å². The zero-order chi connectivity index (χ0) is 21.1. The Hall–Kier alpha value is -2.00. The van der Waals surface area contributed by atoms with Crippen LogP contribution in [-0.4, -0.2) is 17.3 Å². The van der Waals surface area contributed by atoms with Gasteiger partial charge >= 0.3 is 0 Å². The molecular formula is C27H34O3. The van der Waals surface area contributed by atoms with E-state index in [4.69, 9.17) is 4.74 Å². The van der Waals surface area contributed by atoms with Crippen molar-refractivity contribution in [2.45, 2.75) is 64.4 Å². The van der Waals surface area contributed by atoms with Crippen molar-refractivity contribution in [2.24, 2.45) is 22.7 Å². The van der Waals surface area contributed by atoms with Crippen LogP contribution in [-0.2, 0) is 6.42 Å². The predicted molar refractivity (Wildman–Crippen MR) is 119 cm³/mol. The van der Waals surface area contributed by atoms with Crippen LogP contribution in [0.2, 0.25) is 0 Å². The number of rotatable bonds is 3. The van der Waals surface area contributed by atoms with Crippen molar-refractivity contribution in [1.29, 1.82) is 0 Å². The molecule has 0 aromatic heterocycles. The Morgan fingerprint density at radius 3 is 2.53 bits per heavy atom. The number of aryl methyl sites for hydroxylation is 1. The molecule has 2 fully saturated rings. The normalized spacial score (nSPS) is 35.8. The quantitative estimate of drug-likeness (QED) is 0.657. The minimum atomic E-state index is -0.418. The number of benzene rings is 2. The molecule has 2 N–H and O–H groups in total. The predicted octanol–water partition coefficient (Wildman–Crippen LogP) is 6.00. The van der Waals surface area contributed by atoms with Crippen molar-refractivity contribution < 1.29 is 14.9 Å². The van der Waals surface area contributed by atoms with Crippen molar-refractivity contribution in [3.8, 4) is 11.5 Å². The van der Waals surface area contributed by atoms with Crippen LogP contribution in [0.3, 0.4) is 0 Å². The van der Waals surface area contributed by atoms with E-state index in [0.717, 1.165) is 31.2 Å². The first-order valence-electron chi connectivity index (χ1n) is 11.5. The van der Waals surface area contributed by atoms with Gasteiger partial charge in [-0.1, -0.05) is 44.2 Å². The lowest BCUT2D eigenvalue weighted by Gasteiger charge is -2.55. The Kier molecular flexibility index (Phi) is 4.66. The Morgan fingerprint density at radius 1 is 1.03 bits per heavy atom. The van der Waals surface area contributed by atoms with Gasteiger partial charge in [0.25, 0.3) is 0 Å². The fourth-order valence-electron chi connectivity index (χ4n) is 7.51. The third-order valence-electron chi connectivity index (χ3n) is 9.41. The molecule has 0 aliphatic heterocycles. The smallest absolute Gasteiger partial charge is 0.160 e. The monoisotopic (exact) mass is 406 g/mol. The van der Waals surface area contributed by atoms with Crippen LogP contribution in [0.15, 0.2) is 42.5 Å². The SMILES string of the molecule is COc1cc2c(cc1O)CC[C@@H]1[C@@H]2CC[C@@]2(C)[C@H]1CC[C@]2(C)[C@H](O)c1ccccc1. The summed E-state index contributed by atoms with van der Waals surface area (Å²) >= 11 is 0. The van der Waals surface area contributed by atoms with Crippen LogP contribution in [0.1, 0.15) is 74.7 Å². The number of aliphatic hydroxyl groups excluding tert-OH is 1. The minimum absolute atomic E-state index is 0.100. The molecule has 5 rings (SSSR count). The second-order valence-electron chi connectivity index (χ2n) is 10.4. The molecule has 2 saturated carbocycles. The first-order chi connectivity index (χ1) is 14.4. The van der Waals surface area contributed by atoms with Crippen molar-refractivity contribution in [3.05, 3.63) is 59.2 Å². The zero-order valence-electron chi connectivity index (χ0n) is 18.4. The molecule has 2 aromatic rings. The maximum atomic E-state index is 11.5. The largest absolute Gasteiger partial charge is 0.504 e. The molecule has 3 aliphatic carbocycles. The zero-order valence-corrected chi connectivity index (χ0v) is 18.4. The molecule has 3 nitrogen and oxygen atoms in total. The minimum Gasteiger partial charge on any atom is -0.504 e. The van der Waals surface area contributed by atoms with Crippen molar-refractivity contribution in [1.82, 2.24) is 0 Å². The van der Waals surface area contributed by atoms with Crippen LogP contribution < -0.4 is 4.74 Å². The Labute approximate surface area is 180 Å². The van der Waals surface area contributed by atoms with E-state index in [1.807, 2.05) is 24.3 Å². The summed E-state index contributed by atoms with van der Waals surface area (Å²) in [5.41, 5.74) is 3.78. The molecule has 0 spiro atoms. The third kappa shape index (κ3) is 2.67. The molecule has 160 valence electrons. The molecule has 3 aliphatic rings. The summed E-state index contributed by atoms with van der Waals surface area (Å²) in [5.74, 6) is 2.67. The lowest BCUT2D eigenvalue weighted by Crippen LogP contribution is -2.48. The van der Waals surface area contributed by atoms with E-state index < -0.39 is 6.10 Å². The summed E-state index contributed by atoms with van der Waals surface area (Å²) in [5, 5.41) is 21.7. The second-order valence-corrected chi connectivity index (χ2v) is 10.4. The van der Waals surface area contributed by atoms with E-state index in [9.17, 15) is 10.2 Å². The standard InChI is InChI=1S/C27H34O3/c1-26-13-11-19-20(10-9-18-15-23(28)24(30-3)16-21(18)19)22(26)12-14-27(26,2)25(29)17-7-5-4-6-8-17/h4-8,15-16,19-20,22,25,28-29H,9-14H2,1-3H3/t19-,20+,22-,25+,26-,27+/m0/s1. The average Bonchev–Trinajstić information content (AvgIpc) is 3.05. The number of phenols is 1. The molecule has 6 atom stereocenters. The Balaban J connectivity index is 1.48. The first kappa shape index (κ1) is 19.9. The molecular weight excluding hydrogens is 372 g/mol. The number of aromatic hydroxyl groups is 1. The number of hydrogen-bond acceptors (Lipinski definition) is 3. The van der Waals surface area contributed by atoms with Gasteiger partial charge in [0.1, 0.15) is 0 Å². The van der Waals surface area contributed by atoms with E-state index in [1.54, 1.807) is 7.11 Å². The molecule has 0 bridgehead atoms. The van der Waals surface area contributed by atoms with E-state index in [-0.39, 0.29) is 16.6 Å². The van der Waals surface area contributed by atoms with E-state index in [0.29, 0.717) is 23.5 Å². The van der Waals surface area contributed by atoms with Gasteiger partial charge in [0.05, 0.1) is 13.2 Å². The highest BCUT2D eigenvalue weighted by Crippen LogP contribution is 2.70. The van der Waals surface area contributed by atoms with Gasteiger partial charge in [-0.25, -0.2) is 0 Å². The molecule has 0 unspecified atom stereocenters. The van der Waals surface area contributed by atoms with Crippen LogP contribution in [0.5, 0.6) is 11.5 Å². The van der Waals surface area contributed by atoms with E-state index >= 15 is 0 Å². The number of ether oxygens (including phenoxy) is 1.